The molecule has 0 atom stereocenters. The number of nitrogens with zero attached hydrogens (tertiary/aromatic N) is 1. The van der Waals surface area contributed by atoms with Crippen molar-refractivity contribution in [1.29, 1.82) is 0 Å². The quantitative estimate of drug-likeness (QED) is 0.525. The van der Waals surface area contributed by atoms with Gasteiger partial charge in [-0.1, -0.05) is 0 Å². The molecule has 70 valence electrons. The third-order valence-electron chi connectivity index (χ3n) is 1.29. The Labute approximate surface area is 72.1 Å². The Morgan fingerprint density at radius 2 is 1.83 bits per heavy atom. The molecule has 0 heterocycles. The zero-order valence-corrected chi connectivity index (χ0v) is 7.23. The zero-order chi connectivity index (χ0) is 9.40. The van der Waals surface area contributed by atoms with Crippen LogP contribution in [0.3, 0.4) is 0 Å². The smallest absolute Gasteiger partial charge is 0.154 e. The Hall–Kier alpha value is -0.870. The number of carbonyl (C=O) groups is 1. The molecule has 0 aliphatic carbocycles. The molecule has 0 aromatic carbocycles. The van der Waals surface area contributed by atoms with Crippen molar-refractivity contribution in [3.63, 3.8) is 0 Å². The van der Waals surface area contributed by atoms with E-state index in [9.17, 15) is 4.79 Å². The molecule has 0 saturated heterocycles. The molecule has 4 heteroatoms. The molecule has 0 spiro atoms. The molecule has 0 bridgehead atoms. The Morgan fingerprint density at radius 1 is 1.33 bits per heavy atom. The molecular weight excluding hydrogens is 158 g/mol. The van der Waals surface area contributed by atoms with Crippen molar-refractivity contribution >= 4 is 5.78 Å². The maximum atomic E-state index is 10.5. The minimum absolute atomic E-state index is 0.0161. The number of hydrogen-bond acceptors (Lipinski definition) is 4. The summed E-state index contributed by atoms with van der Waals surface area (Å²) >= 11 is 0. The van der Waals surface area contributed by atoms with Crippen LogP contribution in [0.2, 0.25) is 0 Å². The summed E-state index contributed by atoms with van der Waals surface area (Å²) in [6.07, 6.45) is 2.99. The lowest BCUT2D eigenvalue weighted by molar-refractivity contribution is -0.112. The van der Waals surface area contributed by atoms with Crippen LogP contribution in [0, 0.1) is 0 Å². The van der Waals surface area contributed by atoms with Crippen molar-refractivity contribution in [2.24, 2.45) is 0 Å². The van der Waals surface area contributed by atoms with E-state index in [1.54, 1.807) is 11.1 Å². The Balaban J connectivity index is 3.84. The summed E-state index contributed by atoms with van der Waals surface area (Å²) in [6.45, 7) is 2.35. The summed E-state index contributed by atoms with van der Waals surface area (Å²) < 4.78 is 0. The van der Waals surface area contributed by atoms with Gasteiger partial charge in [0, 0.05) is 19.3 Å². The normalized spacial score (nSPS) is 10.6. The van der Waals surface area contributed by atoms with Gasteiger partial charge in [-0.25, -0.2) is 0 Å². The van der Waals surface area contributed by atoms with Crippen LogP contribution in [0.5, 0.6) is 0 Å². The average molecular weight is 173 g/mol. The van der Waals surface area contributed by atoms with Crippen molar-refractivity contribution in [3.05, 3.63) is 12.3 Å². The van der Waals surface area contributed by atoms with Crippen molar-refractivity contribution < 1.29 is 15.0 Å². The number of ketones is 1. The standard InChI is InChI=1S/C8H15NO3/c1-8(12)2-3-9(4-6-10)5-7-11/h2-3,10-11H,4-7H2,1H3. The lowest BCUT2D eigenvalue weighted by Crippen LogP contribution is -2.24. The molecule has 0 aliphatic heterocycles. The van der Waals surface area contributed by atoms with Crippen LogP contribution in [0.15, 0.2) is 12.3 Å². The largest absolute Gasteiger partial charge is 0.395 e. The highest BCUT2D eigenvalue weighted by Gasteiger charge is 1.96. The van der Waals surface area contributed by atoms with Gasteiger partial charge in [0.25, 0.3) is 0 Å². The summed E-state index contributed by atoms with van der Waals surface area (Å²) in [5.41, 5.74) is 0. The van der Waals surface area contributed by atoms with E-state index in [4.69, 9.17) is 10.2 Å². The Kier molecular flexibility index (Phi) is 6.32. The van der Waals surface area contributed by atoms with Crippen LogP contribution >= 0.6 is 0 Å². The fraction of sp³-hybridized carbons (Fsp3) is 0.625. The lowest BCUT2D eigenvalue weighted by atomic mass is 10.4. The number of allylic oxidation sites excluding steroid dienone is 1. The highest BCUT2D eigenvalue weighted by molar-refractivity contribution is 5.87. The maximum absolute atomic E-state index is 10.5. The van der Waals surface area contributed by atoms with Crippen LogP contribution in [0.4, 0.5) is 0 Å². The monoisotopic (exact) mass is 173 g/mol. The van der Waals surface area contributed by atoms with Crippen molar-refractivity contribution in [2.75, 3.05) is 26.3 Å². The third kappa shape index (κ3) is 5.88. The molecule has 4 nitrogen and oxygen atoms in total. The minimum Gasteiger partial charge on any atom is -0.395 e. The van der Waals surface area contributed by atoms with E-state index in [-0.39, 0.29) is 19.0 Å². The number of rotatable bonds is 6. The Morgan fingerprint density at radius 3 is 2.17 bits per heavy atom. The van der Waals surface area contributed by atoms with Gasteiger partial charge in [0.1, 0.15) is 0 Å². The minimum atomic E-state index is -0.0455. The zero-order valence-electron chi connectivity index (χ0n) is 7.23. The van der Waals surface area contributed by atoms with E-state index >= 15 is 0 Å². The fourth-order valence-electron chi connectivity index (χ4n) is 0.728. The topological polar surface area (TPSA) is 60.8 Å². The highest BCUT2D eigenvalue weighted by Crippen LogP contribution is 1.88. The molecule has 0 unspecified atom stereocenters. The van der Waals surface area contributed by atoms with Gasteiger partial charge in [-0.15, -0.1) is 0 Å². The molecule has 0 rings (SSSR count). The SMILES string of the molecule is CC(=O)C=CN(CCO)CCO. The molecule has 12 heavy (non-hydrogen) atoms. The number of aliphatic hydroxyl groups is 2. The van der Waals surface area contributed by atoms with E-state index < -0.39 is 0 Å². The summed E-state index contributed by atoms with van der Waals surface area (Å²) in [7, 11) is 0. The molecule has 0 aromatic rings. The maximum Gasteiger partial charge on any atom is 0.154 e. The number of carbonyl (C=O) groups excluding carboxylic acids is 1. The molecule has 0 aromatic heterocycles. The fourth-order valence-corrected chi connectivity index (χ4v) is 0.728. The molecule has 2 N–H and O–H groups in total. The van der Waals surface area contributed by atoms with Crippen LogP contribution in [0.1, 0.15) is 6.92 Å². The van der Waals surface area contributed by atoms with Gasteiger partial charge >= 0.3 is 0 Å². The van der Waals surface area contributed by atoms with E-state index in [1.165, 1.54) is 13.0 Å². The van der Waals surface area contributed by atoms with E-state index in [2.05, 4.69) is 0 Å². The molecule has 0 radical (unpaired) electrons. The van der Waals surface area contributed by atoms with E-state index in [0.29, 0.717) is 13.1 Å². The molecule has 0 fully saturated rings. The second-order valence-corrected chi connectivity index (χ2v) is 2.41. The van der Waals surface area contributed by atoms with E-state index in [1.807, 2.05) is 0 Å². The van der Waals surface area contributed by atoms with Crippen LogP contribution in [0.25, 0.3) is 0 Å². The lowest BCUT2D eigenvalue weighted by Gasteiger charge is -2.16. The van der Waals surface area contributed by atoms with Crippen LogP contribution in [-0.4, -0.2) is 47.2 Å². The van der Waals surface area contributed by atoms with Gasteiger partial charge in [-0.3, -0.25) is 4.79 Å². The first-order chi connectivity index (χ1) is 5.70. The third-order valence-corrected chi connectivity index (χ3v) is 1.29. The first kappa shape index (κ1) is 11.1. The van der Waals surface area contributed by atoms with Gasteiger partial charge in [0.2, 0.25) is 0 Å². The van der Waals surface area contributed by atoms with Gasteiger partial charge in [0.05, 0.1) is 13.2 Å². The van der Waals surface area contributed by atoms with Crippen LogP contribution in [-0.2, 0) is 4.79 Å². The molecule has 0 aliphatic rings. The highest BCUT2D eigenvalue weighted by atomic mass is 16.3. The van der Waals surface area contributed by atoms with Crippen LogP contribution < -0.4 is 0 Å². The predicted octanol–water partition coefficient (Wildman–Crippen LogP) is -0.624. The van der Waals surface area contributed by atoms with Gasteiger partial charge in [-0.2, -0.15) is 0 Å². The predicted molar refractivity (Wildman–Crippen MR) is 45.6 cm³/mol. The second-order valence-electron chi connectivity index (χ2n) is 2.41. The second kappa shape index (κ2) is 6.82. The van der Waals surface area contributed by atoms with Crippen molar-refractivity contribution in [3.8, 4) is 0 Å². The van der Waals surface area contributed by atoms with E-state index in [0.717, 1.165) is 0 Å². The summed E-state index contributed by atoms with van der Waals surface area (Å²) in [6, 6.07) is 0. The van der Waals surface area contributed by atoms with Gasteiger partial charge < -0.3 is 15.1 Å². The number of hydrogen-bond donors (Lipinski definition) is 2. The molecule has 0 saturated carbocycles. The van der Waals surface area contributed by atoms with Crippen molar-refractivity contribution in [2.45, 2.75) is 6.92 Å². The number of aliphatic hydroxyl groups excluding tert-OH is 2. The Bertz CT molecular complexity index is 150. The first-order valence-corrected chi connectivity index (χ1v) is 3.85. The average Bonchev–Trinajstić information content (AvgIpc) is 2.01. The molecule has 0 amide bonds. The molecular formula is C8H15NO3. The first-order valence-electron chi connectivity index (χ1n) is 3.85. The summed E-state index contributed by atoms with van der Waals surface area (Å²) in [4.78, 5) is 12.2. The van der Waals surface area contributed by atoms with Gasteiger partial charge in [-0.05, 0) is 13.0 Å². The van der Waals surface area contributed by atoms with Gasteiger partial charge in [0.15, 0.2) is 5.78 Å². The summed E-state index contributed by atoms with van der Waals surface area (Å²) in [5, 5.41) is 17.2. The summed E-state index contributed by atoms with van der Waals surface area (Å²) in [5.74, 6) is -0.0455. The van der Waals surface area contributed by atoms with Crippen molar-refractivity contribution in [1.82, 2.24) is 4.90 Å².